The molecule has 0 aliphatic heterocycles. The van der Waals surface area contributed by atoms with E-state index in [1.54, 1.807) is 33.5 Å². The smallest absolute Gasteiger partial charge is 0.258 e. The lowest BCUT2D eigenvalue weighted by Gasteiger charge is -2.15. The van der Waals surface area contributed by atoms with Gasteiger partial charge in [0.2, 0.25) is 0 Å². The van der Waals surface area contributed by atoms with Gasteiger partial charge in [0.05, 0.1) is 21.3 Å². The van der Waals surface area contributed by atoms with Crippen molar-refractivity contribution in [3.8, 4) is 23.0 Å². The summed E-state index contributed by atoms with van der Waals surface area (Å²) in [6.07, 6.45) is 0. The fraction of sp³-hybridized carbons (Fsp3) is 0.381. The molecule has 0 saturated heterocycles. The molecule has 0 saturated carbocycles. The van der Waals surface area contributed by atoms with Crippen LogP contribution in [0.1, 0.15) is 22.3 Å². The molecule has 0 spiro atoms. The van der Waals surface area contributed by atoms with Crippen LogP contribution in [0, 0.1) is 20.8 Å². The first kappa shape index (κ1) is 20.4. The number of ether oxygens (including phenoxy) is 4. The van der Waals surface area contributed by atoms with E-state index in [2.05, 4.69) is 5.32 Å². The van der Waals surface area contributed by atoms with E-state index in [1.165, 1.54) is 5.56 Å². The van der Waals surface area contributed by atoms with Crippen molar-refractivity contribution in [3.63, 3.8) is 0 Å². The zero-order chi connectivity index (χ0) is 20.0. The number of hydrogen-bond donors (Lipinski definition) is 1. The average Bonchev–Trinajstić information content (AvgIpc) is 2.64. The number of rotatable bonds is 8. The molecular formula is C21H27NO5. The average molecular weight is 373 g/mol. The van der Waals surface area contributed by atoms with Gasteiger partial charge in [-0.25, -0.2) is 0 Å². The second-order valence-corrected chi connectivity index (χ2v) is 6.31. The molecule has 0 bridgehead atoms. The predicted molar refractivity (Wildman–Crippen MR) is 104 cm³/mol. The van der Waals surface area contributed by atoms with Crippen molar-refractivity contribution in [3.05, 3.63) is 46.5 Å². The van der Waals surface area contributed by atoms with Crippen LogP contribution in [0.3, 0.4) is 0 Å². The quantitative estimate of drug-likeness (QED) is 0.769. The van der Waals surface area contributed by atoms with Crippen LogP contribution in [0.4, 0.5) is 0 Å². The molecule has 2 aromatic carbocycles. The molecule has 6 heteroatoms. The first-order valence-corrected chi connectivity index (χ1v) is 8.65. The largest absolute Gasteiger partial charge is 0.496 e. The second kappa shape index (κ2) is 9.16. The Hall–Kier alpha value is -2.89. The maximum absolute atomic E-state index is 12.2. The second-order valence-electron chi connectivity index (χ2n) is 6.31. The number of amides is 1. The van der Waals surface area contributed by atoms with Gasteiger partial charge in [0.15, 0.2) is 18.1 Å². The molecule has 1 N–H and O–H groups in total. The van der Waals surface area contributed by atoms with E-state index in [0.29, 0.717) is 17.2 Å². The first-order chi connectivity index (χ1) is 12.9. The molecule has 0 atom stereocenters. The van der Waals surface area contributed by atoms with Gasteiger partial charge < -0.3 is 24.3 Å². The number of methoxy groups -OCH3 is 3. The number of carbonyl (C=O) groups excluding carboxylic acids is 1. The molecule has 0 aliphatic rings. The third kappa shape index (κ3) is 5.06. The standard InChI is InChI=1S/C21H27NO5/c1-13-7-14(2)21(15(3)8-13)27-12-20(23)22-11-16-9-18(25-5)19(26-6)10-17(16)24-4/h7-10H,11-12H2,1-6H3,(H,22,23). The summed E-state index contributed by atoms with van der Waals surface area (Å²) in [5, 5.41) is 2.84. The monoisotopic (exact) mass is 373 g/mol. The minimum absolute atomic E-state index is 0.0552. The molecule has 146 valence electrons. The van der Waals surface area contributed by atoms with E-state index in [4.69, 9.17) is 18.9 Å². The van der Waals surface area contributed by atoms with Gasteiger partial charge in [-0.15, -0.1) is 0 Å². The lowest BCUT2D eigenvalue weighted by Crippen LogP contribution is -2.28. The molecule has 0 aromatic heterocycles. The maximum atomic E-state index is 12.2. The normalized spacial score (nSPS) is 10.3. The number of carbonyl (C=O) groups is 1. The molecule has 0 radical (unpaired) electrons. The highest BCUT2D eigenvalue weighted by Gasteiger charge is 2.13. The molecule has 0 heterocycles. The van der Waals surface area contributed by atoms with E-state index < -0.39 is 0 Å². The van der Waals surface area contributed by atoms with E-state index in [-0.39, 0.29) is 19.1 Å². The van der Waals surface area contributed by atoms with Gasteiger partial charge >= 0.3 is 0 Å². The van der Waals surface area contributed by atoms with Crippen molar-refractivity contribution in [1.29, 1.82) is 0 Å². The fourth-order valence-corrected chi connectivity index (χ4v) is 3.01. The zero-order valence-electron chi connectivity index (χ0n) is 16.8. The minimum atomic E-state index is -0.216. The molecule has 2 rings (SSSR count). The minimum Gasteiger partial charge on any atom is -0.496 e. The van der Waals surface area contributed by atoms with Gasteiger partial charge in [-0.05, 0) is 38.0 Å². The Kier molecular flexibility index (Phi) is 6.93. The number of hydrogen-bond acceptors (Lipinski definition) is 5. The van der Waals surface area contributed by atoms with Gasteiger partial charge in [-0.2, -0.15) is 0 Å². The van der Waals surface area contributed by atoms with Gasteiger partial charge in [0.1, 0.15) is 11.5 Å². The molecule has 0 aliphatic carbocycles. The Balaban J connectivity index is 2.02. The van der Waals surface area contributed by atoms with Crippen LogP contribution in [0.15, 0.2) is 24.3 Å². The highest BCUT2D eigenvalue weighted by Crippen LogP contribution is 2.34. The van der Waals surface area contributed by atoms with E-state index in [1.807, 2.05) is 32.9 Å². The third-order valence-electron chi connectivity index (χ3n) is 4.21. The number of benzene rings is 2. The molecule has 0 fully saturated rings. The summed E-state index contributed by atoms with van der Waals surface area (Å²) in [4.78, 5) is 12.2. The van der Waals surface area contributed by atoms with Gasteiger partial charge in [-0.3, -0.25) is 4.79 Å². The number of nitrogens with one attached hydrogen (secondary N) is 1. The van der Waals surface area contributed by atoms with Crippen molar-refractivity contribution in [2.75, 3.05) is 27.9 Å². The van der Waals surface area contributed by atoms with Crippen molar-refractivity contribution in [2.24, 2.45) is 0 Å². The first-order valence-electron chi connectivity index (χ1n) is 8.65. The molecular weight excluding hydrogens is 346 g/mol. The topological polar surface area (TPSA) is 66.0 Å². The van der Waals surface area contributed by atoms with Crippen LogP contribution in [0.25, 0.3) is 0 Å². The Morgan fingerprint density at radius 3 is 1.96 bits per heavy atom. The van der Waals surface area contributed by atoms with E-state index in [0.717, 1.165) is 22.4 Å². The van der Waals surface area contributed by atoms with Gasteiger partial charge in [0.25, 0.3) is 5.91 Å². The van der Waals surface area contributed by atoms with Crippen molar-refractivity contribution in [1.82, 2.24) is 5.32 Å². The Bertz CT molecular complexity index is 793. The Morgan fingerprint density at radius 1 is 0.852 bits per heavy atom. The van der Waals surface area contributed by atoms with Gasteiger partial charge in [0, 0.05) is 18.2 Å². The van der Waals surface area contributed by atoms with Crippen molar-refractivity contribution >= 4 is 5.91 Å². The lowest BCUT2D eigenvalue weighted by molar-refractivity contribution is -0.123. The van der Waals surface area contributed by atoms with Gasteiger partial charge in [-0.1, -0.05) is 17.7 Å². The SMILES string of the molecule is COc1cc(OC)c(OC)cc1CNC(=O)COc1c(C)cc(C)cc1C. The molecule has 2 aromatic rings. The summed E-state index contributed by atoms with van der Waals surface area (Å²) in [6.45, 7) is 6.22. The molecule has 0 unspecified atom stereocenters. The van der Waals surface area contributed by atoms with E-state index in [9.17, 15) is 4.79 Å². The molecule has 27 heavy (non-hydrogen) atoms. The van der Waals surface area contributed by atoms with Crippen molar-refractivity contribution < 1.29 is 23.7 Å². The molecule has 6 nitrogen and oxygen atoms in total. The summed E-state index contributed by atoms with van der Waals surface area (Å²) in [6, 6.07) is 7.59. The highest BCUT2D eigenvalue weighted by atomic mass is 16.5. The molecule has 1 amide bonds. The maximum Gasteiger partial charge on any atom is 0.258 e. The predicted octanol–water partition coefficient (Wildman–Crippen LogP) is 3.33. The van der Waals surface area contributed by atoms with Crippen LogP contribution < -0.4 is 24.3 Å². The number of aryl methyl sites for hydroxylation is 3. The Labute approximate surface area is 160 Å². The van der Waals surface area contributed by atoms with Crippen LogP contribution in [-0.2, 0) is 11.3 Å². The highest BCUT2D eigenvalue weighted by molar-refractivity contribution is 5.77. The summed E-state index contributed by atoms with van der Waals surface area (Å²) in [5.41, 5.74) is 3.98. The summed E-state index contributed by atoms with van der Waals surface area (Å²) in [7, 11) is 4.69. The zero-order valence-corrected chi connectivity index (χ0v) is 16.8. The third-order valence-corrected chi connectivity index (χ3v) is 4.21. The van der Waals surface area contributed by atoms with Crippen LogP contribution in [0.2, 0.25) is 0 Å². The van der Waals surface area contributed by atoms with Crippen LogP contribution in [-0.4, -0.2) is 33.8 Å². The van der Waals surface area contributed by atoms with E-state index >= 15 is 0 Å². The Morgan fingerprint density at radius 2 is 1.41 bits per heavy atom. The lowest BCUT2D eigenvalue weighted by atomic mass is 10.1. The van der Waals surface area contributed by atoms with Crippen LogP contribution in [0.5, 0.6) is 23.0 Å². The van der Waals surface area contributed by atoms with Crippen LogP contribution >= 0.6 is 0 Å². The fourth-order valence-electron chi connectivity index (χ4n) is 3.01. The summed E-state index contributed by atoms with van der Waals surface area (Å²) in [5.74, 6) is 2.28. The summed E-state index contributed by atoms with van der Waals surface area (Å²) < 4.78 is 21.7. The van der Waals surface area contributed by atoms with Crippen molar-refractivity contribution in [2.45, 2.75) is 27.3 Å². The summed E-state index contributed by atoms with van der Waals surface area (Å²) >= 11 is 0.